The summed E-state index contributed by atoms with van der Waals surface area (Å²) >= 11 is 0. The summed E-state index contributed by atoms with van der Waals surface area (Å²) in [5.41, 5.74) is 1.30. The van der Waals surface area contributed by atoms with E-state index in [4.69, 9.17) is 9.47 Å². The second-order valence-electron chi connectivity index (χ2n) is 7.21. The Morgan fingerprint density at radius 2 is 1.73 bits per heavy atom. The third kappa shape index (κ3) is 4.62. The van der Waals surface area contributed by atoms with E-state index in [1.807, 2.05) is 24.3 Å². The molecule has 0 atom stereocenters. The third-order valence-corrected chi connectivity index (χ3v) is 5.07. The molecule has 0 aliphatic carbocycles. The number of benzene rings is 3. The predicted octanol–water partition coefficient (Wildman–Crippen LogP) is 5.38. The lowest BCUT2D eigenvalue weighted by Crippen LogP contribution is -2.19. The second-order valence-corrected chi connectivity index (χ2v) is 7.21. The van der Waals surface area contributed by atoms with E-state index in [2.05, 4.69) is 10.3 Å². The molecule has 0 aliphatic heterocycles. The average Bonchev–Trinajstić information content (AvgIpc) is 3.16. The number of imidazole rings is 1. The fourth-order valence-corrected chi connectivity index (χ4v) is 3.55. The highest BCUT2D eigenvalue weighted by atomic mass is 19.4. The van der Waals surface area contributed by atoms with Crippen LogP contribution in [0, 0.1) is 0 Å². The van der Waals surface area contributed by atoms with Crippen LogP contribution in [0.2, 0.25) is 0 Å². The Morgan fingerprint density at radius 3 is 2.45 bits per heavy atom. The standard InChI is InChI=1S/C24H20F3N3O3/c1-32-20-11-10-15(12-21(20)33-2)23-29-18-8-3-4-9-19(18)30(23)14-22(31)28-17-7-5-6-16(13-17)24(25,26)27/h3-13H,14H2,1-2H3,(H,28,31). The number of carbonyl (C=O) groups excluding carboxylic acids is 1. The minimum Gasteiger partial charge on any atom is -0.493 e. The van der Waals surface area contributed by atoms with Gasteiger partial charge in [-0.15, -0.1) is 0 Å². The van der Waals surface area contributed by atoms with Gasteiger partial charge in [0.25, 0.3) is 0 Å². The molecule has 0 radical (unpaired) electrons. The normalized spacial score (nSPS) is 11.4. The highest BCUT2D eigenvalue weighted by Gasteiger charge is 2.30. The summed E-state index contributed by atoms with van der Waals surface area (Å²) in [5, 5.41) is 2.54. The molecule has 0 aliphatic rings. The van der Waals surface area contributed by atoms with Crippen molar-refractivity contribution in [2.45, 2.75) is 12.7 Å². The van der Waals surface area contributed by atoms with E-state index in [0.29, 0.717) is 33.9 Å². The zero-order chi connectivity index (χ0) is 23.6. The molecule has 4 aromatic rings. The zero-order valence-corrected chi connectivity index (χ0v) is 17.8. The molecule has 6 nitrogen and oxygen atoms in total. The second kappa shape index (κ2) is 8.85. The number of hydrogen-bond donors (Lipinski definition) is 1. The van der Waals surface area contributed by atoms with Gasteiger partial charge in [0, 0.05) is 11.3 Å². The van der Waals surface area contributed by atoms with E-state index in [9.17, 15) is 18.0 Å². The van der Waals surface area contributed by atoms with Crippen LogP contribution in [0.1, 0.15) is 5.56 Å². The van der Waals surface area contributed by atoms with Crippen LogP contribution in [-0.2, 0) is 17.5 Å². The number of halogens is 3. The van der Waals surface area contributed by atoms with Gasteiger partial charge in [-0.25, -0.2) is 4.98 Å². The first-order chi connectivity index (χ1) is 15.8. The maximum Gasteiger partial charge on any atom is 0.416 e. The molecule has 1 aromatic heterocycles. The number of aromatic nitrogens is 2. The number of amides is 1. The lowest BCUT2D eigenvalue weighted by atomic mass is 10.2. The molecule has 4 rings (SSSR count). The number of ether oxygens (including phenoxy) is 2. The Morgan fingerprint density at radius 1 is 0.970 bits per heavy atom. The van der Waals surface area contributed by atoms with Gasteiger partial charge in [0.05, 0.1) is 30.8 Å². The van der Waals surface area contributed by atoms with Crippen LogP contribution in [0.25, 0.3) is 22.4 Å². The number of anilines is 1. The van der Waals surface area contributed by atoms with Crippen molar-refractivity contribution in [2.75, 3.05) is 19.5 Å². The van der Waals surface area contributed by atoms with Crippen LogP contribution in [0.5, 0.6) is 11.5 Å². The Balaban J connectivity index is 1.69. The Hall–Kier alpha value is -4.01. The molecule has 170 valence electrons. The number of rotatable bonds is 6. The van der Waals surface area contributed by atoms with Gasteiger partial charge in [0.2, 0.25) is 5.91 Å². The molecule has 0 unspecified atom stereocenters. The van der Waals surface area contributed by atoms with Crippen LogP contribution in [-0.4, -0.2) is 29.7 Å². The van der Waals surface area contributed by atoms with E-state index in [-0.39, 0.29) is 12.2 Å². The number of nitrogens with one attached hydrogen (secondary N) is 1. The van der Waals surface area contributed by atoms with Gasteiger partial charge in [0.1, 0.15) is 12.4 Å². The zero-order valence-electron chi connectivity index (χ0n) is 17.8. The minimum absolute atomic E-state index is 0.0620. The van der Waals surface area contributed by atoms with Gasteiger partial charge < -0.3 is 19.4 Å². The molecule has 0 fully saturated rings. The lowest BCUT2D eigenvalue weighted by Gasteiger charge is -2.13. The van der Waals surface area contributed by atoms with E-state index in [0.717, 1.165) is 12.1 Å². The maximum absolute atomic E-state index is 13.0. The van der Waals surface area contributed by atoms with Gasteiger partial charge >= 0.3 is 6.18 Å². The van der Waals surface area contributed by atoms with Crippen molar-refractivity contribution in [1.82, 2.24) is 9.55 Å². The van der Waals surface area contributed by atoms with Gasteiger partial charge in [0.15, 0.2) is 11.5 Å². The minimum atomic E-state index is -4.50. The third-order valence-electron chi connectivity index (χ3n) is 5.07. The first kappa shape index (κ1) is 22.2. The summed E-state index contributed by atoms with van der Waals surface area (Å²) in [6.07, 6.45) is -4.50. The Labute approximate surface area is 187 Å². The van der Waals surface area contributed by atoms with Crippen molar-refractivity contribution in [2.24, 2.45) is 0 Å². The number of para-hydroxylation sites is 2. The van der Waals surface area contributed by atoms with Crippen molar-refractivity contribution in [3.8, 4) is 22.9 Å². The Kier molecular flexibility index (Phi) is 5.95. The molecule has 0 saturated heterocycles. The molecular weight excluding hydrogens is 435 g/mol. The molecular formula is C24H20F3N3O3. The molecule has 9 heteroatoms. The first-order valence-electron chi connectivity index (χ1n) is 9.95. The van der Waals surface area contributed by atoms with Crippen LogP contribution >= 0.6 is 0 Å². The number of hydrogen-bond acceptors (Lipinski definition) is 4. The van der Waals surface area contributed by atoms with E-state index < -0.39 is 17.6 Å². The smallest absolute Gasteiger partial charge is 0.416 e. The van der Waals surface area contributed by atoms with Gasteiger partial charge in [-0.1, -0.05) is 18.2 Å². The molecule has 0 bridgehead atoms. The Bertz CT molecular complexity index is 1320. The number of carbonyl (C=O) groups is 1. The first-order valence-corrected chi connectivity index (χ1v) is 9.95. The SMILES string of the molecule is COc1ccc(-c2nc3ccccc3n2CC(=O)Nc2cccc(C(F)(F)F)c2)cc1OC. The summed E-state index contributed by atoms with van der Waals surface area (Å²) in [6.45, 7) is -0.152. The average molecular weight is 455 g/mol. The summed E-state index contributed by atoms with van der Waals surface area (Å²) in [7, 11) is 3.05. The van der Waals surface area contributed by atoms with Crippen molar-refractivity contribution in [3.05, 3.63) is 72.3 Å². The maximum atomic E-state index is 13.0. The summed E-state index contributed by atoms with van der Waals surface area (Å²) in [6, 6.07) is 17.1. The highest BCUT2D eigenvalue weighted by molar-refractivity contribution is 5.92. The van der Waals surface area contributed by atoms with E-state index in [1.54, 1.807) is 22.8 Å². The fraction of sp³-hybridized carbons (Fsp3) is 0.167. The topological polar surface area (TPSA) is 65.4 Å². The lowest BCUT2D eigenvalue weighted by molar-refractivity contribution is -0.137. The van der Waals surface area contributed by atoms with Crippen LogP contribution in [0.4, 0.5) is 18.9 Å². The molecule has 33 heavy (non-hydrogen) atoms. The fourth-order valence-electron chi connectivity index (χ4n) is 3.55. The molecule has 1 amide bonds. The summed E-state index contributed by atoms with van der Waals surface area (Å²) in [4.78, 5) is 17.5. The number of methoxy groups -OCH3 is 2. The number of nitrogens with zero attached hydrogens (tertiary/aromatic N) is 2. The van der Waals surface area contributed by atoms with E-state index >= 15 is 0 Å². The highest BCUT2D eigenvalue weighted by Crippen LogP contribution is 2.34. The van der Waals surface area contributed by atoms with Gasteiger partial charge in [-0.05, 0) is 48.5 Å². The largest absolute Gasteiger partial charge is 0.493 e. The molecule has 1 N–H and O–H groups in total. The quantitative estimate of drug-likeness (QED) is 0.424. The van der Waals surface area contributed by atoms with Crippen molar-refractivity contribution in [3.63, 3.8) is 0 Å². The van der Waals surface area contributed by atoms with Crippen LogP contribution in [0.3, 0.4) is 0 Å². The molecule has 1 heterocycles. The molecule has 3 aromatic carbocycles. The van der Waals surface area contributed by atoms with Gasteiger partial charge in [-0.3, -0.25) is 4.79 Å². The van der Waals surface area contributed by atoms with Crippen molar-refractivity contribution >= 4 is 22.6 Å². The number of alkyl halides is 3. The van der Waals surface area contributed by atoms with Crippen molar-refractivity contribution < 1.29 is 27.4 Å². The van der Waals surface area contributed by atoms with Crippen LogP contribution in [0.15, 0.2) is 66.7 Å². The van der Waals surface area contributed by atoms with Crippen molar-refractivity contribution in [1.29, 1.82) is 0 Å². The predicted molar refractivity (Wildman–Crippen MR) is 118 cm³/mol. The van der Waals surface area contributed by atoms with Gasteiger partial charge in [-0.2, -0.15) is 13.2 Å². The van der Waals surface area contributed by atoms with Crippen LogP contribution < -0.4 is 14.8 Å². The number of fused-ring (bicyclic) bond motifs is 1. The molecule has 0 spiro atoms. The monoisotopic (exact) mass is 455 g/mol. The summed E-state index contributed by atoms with van der Waals surface area (Å²) in [5.74, 6) is 1.07. The van der Waals surface area contributed by atoms with E-state index in [1.165, 1.54) is 26.4 Å². The summed E-state index contributed by atoms with van der Waals surface area (Å²) < 4.78 is 51.4. The molecule has 0 saturated carbocycles.